The Morgan fingerprint density at radius 1 is 1.19 bits per heavy atom. The minimum atomic E-state index is 0.310. The average molecular weight is 354 g/mol. The molecule has 140 valence electrons. The second kappa shape index (κ2) is 9.53. The topological polar surface area (TPSA) is 41.4 Å². The first-order valence-corrected chi connectivity index (χ1v) is 9.71. The summed E-state index contributed by atoms with van der Waals surface area (Å²) in [5.41, 5.74) is 1.11. The highest BCUT2D eigenvalue weighted by Crippen LogP contribution is 2.18. The first-order chi connectivity index (χ1) is 12.7. The number of hydrogen-bond donors (Lipinski definition) is 0. The lowest BCUT2D eigenvalue weighted by Crippen LogP contribution is -2.35. The van der Waals surface area contributed by atoms with E-state index in [4.69, 9.17) is 0 Å². The van der Waals surface area contributed by atoms with Crippen molar-refractivity contribution in [1.82, 2.24) is 19.4 Å². The van der Waals surface area contributed by atoms with Crippen LogP contribution >= 0.6 is 0 Å². The molecule has 1 aliphatic rings. The van der Waals surface area contributed by atoms with Crippen molar-refractivity contribution in [2.24, 2.45) is 0 Å². The van der Waals surface area contributed by atoms with Crippen LogP contribution in [0.5, 0.6) is 0 Å². The summed E-state index contributed by atoms with van der Waals surface area (Å²) < 4.78 is 2.14. The van der Waals surface area contributed by atoms with Crippen LogP contribution < -0.4 is 0 Å². The summed E-state index contributed by atoms with van der Waals surface area (Å²) in [5.74, 6) is 0.310. The van der Waals surface area contributed by atoms with Crippen molar-refractivity contribution >= 4 is 5.91 Å². The van der Waals surface area contributed by atoms with Crippen LogP contribution in [0.1, 0.15) is 37.8 Å². The Kier molecular flexibility index (Phi) is 6.83. The predicted octanol–water partition coefficient (Wildman–Crippen LogP) is 3.18. The monoisotopic (exact) mass is 354 g/mol. The maximum absolute atomic E-state index is 12.5. The highest BCUT2D eigenvalue weighted by Gasteiger charge is 2.23. The third-order valence-electron chi connectivity index (χ3n) is 5.28. The Bertz CT molecular complexity index is 656. The number of amides is 1. The number of carbonyl (C=O) groups excluding carboxylic acids is 1. The molecule has 26 heavy (non-hydrogen) atoms. The van der Waals surface area contributed by atoms with Crippen molar-refractivity contribution in [3.63, 3.8) is 0 Å². The molecule has 0 aromatic carbocycles. The van der Waals surface area contributed by atoms with Gasteiger partial charge in [-0.1, -0.05) is 6.07 Å². The quantitative estimate of drug-likeness (QED) is 0.767. The smallest absolute Gasteiger partial charge is 0.222 e. The summed E-state index contributed by atoms with van der Waals surface area (Å²) in [6, 6.07) is 10.6. The molecule has 1 amide bonds. The van der Waals surface area contributed by atoms with E-state index in [1.165, 1.54) is 0 Å². The largest absolute Gasteiger partial charge is 0.354 e. The van der Waals surface area contributed by atoms with Crippen molar-refractivity contribution in [2.75, 3.05) is 20.1 Å². The number of likely N-dealkylation sites (tertiary alicyclic amines) is 1. The molecule has 1 fully saturated rings. The van der Waals surface area contributed by atoms with Crippen LogP contribution in [-0.2, 0) is 17.9 Å². The SMILES string of the molecule is CN(Cc1ccccn1)[C@@H]1CCCN(C(=O)CCCn2cccc2)CC1. The Balaban J connectivity index is 1.42. The van der Waals surface area contributed by atoms with E-state index in [2.05, 4.69) is 44.9 Å². The zero-order chi connectivity index (χ0) is 18.2. The van der Waals surface area contributed by atoms with Crippen molar-refractivity contribution in [2.45, 2.75) is 51.2 Å². The van der Waals surface area contributed by atoms with Crippen LogP contribution in [0.15, 0.2) is 48.9 Å². The van der Waals surface area contributed by atoms with Crippen LogP contribution in [0, 0.1) is 0 Å². The Morgan fingerprint density at radius 2 is 2.04 bits per heavy atom. The molecule has 1 saturated heterocycles. The van der Waals surface area contributed by atoms with E-state index < -0.39 is 0 Å². The fourth-order valence-electron chi connectivity index (χ4n) is 3.74. The molecule has 5 heteroatoms. The van der Waals surface area contributed by atoms with Gasteiger partial charge in [-0.05, 0) is 57.0 Å². The molecule has 5 nitrogen and oxygen atoms in total. The molecule has 3 rings (SSSR count). The van der Waals surface area contributed by atoms with Gasteiger partial charge in [0.2, 0.25) is 5.91 Å². The standard InChI is InChI=1S/C21H30N4O/c1-23(18-19-8-2-3-12-22-19)20-9-6-16-25(17-11-20)21(26)10-7-15-24-13-4-5-14-24/h2-5,8,12-14,20H,6-7,9-11,15-18H2,1H3/t20-/m1/s1. The minimum absolute atomic E-state index is 0.310. The molecular formula is C21H30N4O. The summed E-state index contributed by atoms with van der Waals surface area (Å²) in [5, 5.41) is 0. The lowest BCUT2D eigenvalue weighted by Gasteiger charge is -2.27. The van der Waals surface area contributed by atoms with Gasteiger partial charge in [0.05, 0.1) is 5.69 Å². The van der Waals surface area contributed by atoms with Crippen LogP contribution in [0.25, 0.3) is 0 Å². The van der Waals surface area contributed by atoms with Crippen molar-refractivity contribution in [3.05, 3.63) is 54.6 Å². The molecule has 0 radical (unpaired) electrons. The summed E-state index contributed by atoms with van der Waals surface area (Å²) >= 11 is 0. The predicted molar refractivity (Wildman–Crippen MR) is 104 cm³/mol. The van der Waals surface area contributed by atoms with Gasteiger partial charge in [-0.25, -0.2) is 0 Å². The highest BCUT2D eigenvalue weighted by molar-refractivity contribution is 5.76. The van der Waals surface area contributed by atoms with Crippen LogP contribution in [0.2, 0.25) is 0 Å². The fourth-order valence-corrected chi connectivity index (χ4v) is 3.74. The molecular weight excluding hydrogens is 324 g/mol. The van der Waals surface area contributed by atoms with Gasteiger partial charge in [0.1, 0.15) is 0 Å². The summed E-state index contributed by atoms with van der Waals surface area (Å²) in [4.78, 5) is 21.4. The van der Waals surface area contributed by atoms with Crippen molar-refractivity contribution in [1.29, 1.82) is 0 Å². The molecule has 2 aromatic heterocycles. The first kappa shape index (κ1) is 18.6. The molecule has 1 atom stereocenters. The number of hydrogen-bond acceptors (Lipinski definition) is 3. The Morgan fingerprint density at radius 3 is 2.81 bits per heavy atom. The van der Waals surface area contributed by atoms with E-state index in [9.17, 15) is 4.79 Å². The molecule has 0 saturated carbocycles. The second-order valence-corrected chi connectivity index (χ2v) is 7.23. The second-order valence-electron chi connectivity index (χ2n) is 7.23. The number of carbonyl (C=O) groups is 1. The summed E-state index contributed by atoms with van der Waals surface area (Å²) in [7, 11) is 2.17. The average Bonchev–Trinajstić information content (AvgIpc) is 3.04. The molecule has 0 N–H and O–H groups in total. The van der Waals surface area contributed by atoms with Gasteiger partial charge in [-0.15, -0.1) is 0 Å². The third-order valence-corrected chi connectivity index (χ3v) is 5.28. The molecule has 0 bridgehead atoms. The van der Waals surface area contributed by atoms with Gasteiger partial charge in [0, 0.05) is 57.2 Å². The summed E-state index contributed by atoms with van der Waals surface area (Å²) in [6.45, 7) is 3.56. The molecule has 0 spiro atoms. The number of nitrogens with zero attached hydrogens (tertiary/aromatic N) is 4. The molecule has 2 aromatic rings. The highest BCUT2D eigenvalue weighted by atomic mass is 16.2. The van der Waals surface area contributed by atoms with Gasteiger partial charge < -0.3 is 9.47 Å². The molecule has 0 aliphatic carbocycles. The first-order valence-electron chi connectivity index (χ1n) is 9.71. The van der Waals surface area contributed by atoms with E-state index in [-0.39, 0.29) is 0 Å². The van der Waals surface area contributed by atoms with E-state index in [0.717, 1.165) is 57.6 Å². The lowest BCUT2D eigenvalue weighted by atomic mass is 10.1. The Labute approximate surface area is 156 Å². The fraction of sp³-hybridized carbons (Fsp3) is 0.524. The number of aromatic nitrogens is 2. The van der Waals surface area contributed by atoms with E-state index in [0.29, 0.717) is 18.4 Å². The normalized spacial score (nSPS) is 18.1. The zero-order valence-corrected chi connectivity index (χ0v) is 15.8. The lowest BCUT2D eigenvalue weighted by molar-refractivity contribution is -0.131. The Hall–Kier alpha value is -2.14. The van der Waals surface area contributed by atoms with Crippen LogP contribution in [0.4, 0.5) is 0 Å². The van der Waals surface area contributed by atoms with Gasteiger partial charge in [-0.2, -0.15) is 0 Å². The zero-order valence-electron chi connectivity index (χ0n) is 15.8. The van der Waals surface area contributed by atoms with E-state index in [1.54, 1.807) is 0 Å². The maximum Gasteiger partial charge on any atom is 0.222 e. The molecule has 1 aliphatic heterocycles. The van der Waals surface area contributed by atoms with Gasteiger partial charge in [-0.3, -0.25) is 14.7 Å². The maximum atomic E-state index is 12.5. The van der Waals surface area contributed by atoms with Crippen LogP contribution in [0.3, 0.4) is 0 Å². The van der Waals surface area contributed by atoms with Crippen molar-refractivity contribution in [3.8, 4) is 0 Å². The van der Waals surface area contributed by atoms with Gasteiger partial charge in [0.25, 0.3) is 0 Å². The number of pyridine rings is 1. The number of rotatable bonds is 7. The van der Waals surface area contributed by atoms with Crippen molar-refractivity contribution < 1.29 is 4.79 Å². The minimum Gasteiger partial charge on any atom is -0.354 e. The van der Waals surface area contributed by atoms with E-state index in [1.807, 2.05) is 30.5 Å². The van der Waals surface area contributed by atoms with Gasteiger partial charge in [0.15, 0.2) is 0 Å². The molecule has 0 unspecified atom stereocenters. The third kappa shape index (κ3) is 5.43. The van der Waals surface area contributed by atoms with Gasteiger partial charge >= 0.3 is 0 Å². The van der Waals surface area contributed by atoms with E-state index >= 15 is 0 Å². The molecule has 3 heterocycles. The summed E-state index contributed by atoms with van der Waals surface area (Å²) in [6.07, 6.45) is 10.8. The van der Waals surface area contributed by atoms with Crippen LogP contribution in [-0.4, -0.2) is 51.4 Å². The number of aryl methyl sites for hydroxylation is 1.